The number of anilines is 1. The van der Waals surface area contributed by atoms with Gasteiger partial charge in [-0.3, -0.25) is 9.36 Å². The summed E-state index contributed by atoms with van der Waals surface area (Å²) in [5.41, 5.74) is 2.46. The van der Waals surface area contributed by atoms with Gasteiger partial charge in [-0.15, -0.1) is 0 Å². The molecule has 0 aliphatic carbocycles. The maximum Gasteiger partial charge on any atom is 0.196 e. The van der Waals surface area contributed by atoms with Crippen molar-refractivity contribution in [2.75, 3.05) is 11.9 Å². The maximum absolute atomic E-state index is 12.7. The second-order valence-electron chi connectivity index (χ2n) is 5.38. The van der Waals surface area contributed by atoms with E-state index in [9.17, 15) is 4.79 Å². The van der Waals surface area contributed by atoms with Crippen molar-refractivity contribution in [3.8, 4) is 5.69 Å². The standard InChI is InChI=1S/C17H14ClN3O/c18-11-4-1-5-12(10-11)21-16-13(6-2-8-19-16)15(22)14-7-3-9-20-17(14)21/h1-2,4-6,8,10,20H,3,7,9H2. The number of benzene rings is 1. The summed E-state index contributed by atoms with van der Waals surface area (Å²) in [7, 11) is 0. The molecule has 0 unspecified atom stereocenters. The highest BCUT2D eigenvalue weighted by Gasteiger charge is 2.20. The van der Waals surface area contributed by atoms with Crippen molar-refractivity contribution in [3.63, 3.8) is 0 Å². The molecule has 1 N–H and O–H groups in total. The summed E-state index contributed by atoms with van der Waals surface area (Å²) in [6, 6.07) is 11.2. The highest BCUT2D eigenvalue weighted by atomic mass is 35.5. The van der Waals surface area contributed by atoms with Crippen LogP contribution in [0.4, 0.5) is 5.82 Å². The summed E-state index contributed by atoms with van der Waals surface area (Å²) >= 11 is 6.14. The highest BCUT2D eigenvalue weighted by molar-refractivity contribution is 6.30. The van der Waals surface area contributed by atoms with Crippen LogP contribution in [0.1, 0.15) is 12.0 Å². The normalized spacial score (nSPS) is 13.7. The van der Waals surface area contributed by atoms with Crippen molar-refractivity contribution < 1.29 is 0 Å². The zero-order valence-corrected chi connectivity index (χ0v) is 12.6. The number of fused-ring (bicyclic) bond motifs is 2. The van der Waals surface area contributed by atoms with Gasteiger partial charge in [0.25, 0.3) is 0 Å². The molecule has 0 radical (unpaired) electrons. The summed E-state index contributed by atoms with van der Waals surface area (Å²) < 4.78 is 2.00. The molecule has 4 nitrogen and oxygen atoms in total. The maximum atomic E-state index is 12.7. The first-order valence-corrected chi connectivity index (χ1v) is 7.66. The molecule has 1 aliphatic rings. The summed E-state index contributed by atoms with van der Waals surface area (Å²) in [5.74, 6) is 0.838. The predicted octanol–water partition coefficient (Wildman–Crippen LogP) is 3.40. The fourth-order valence-corrected chi connectivity index (χ4v) is 3.20. The van der Waals surface area contributed by atoms with E-state index in [1.54, 1.807) is 12.3 Å². The van der Waals surface area contributed by atoms with Gasteiger partial charge in [-0.05, 0) is 43.2 Å². The van der Waals surface area contributed by atoms with Gasteiger partial charge in [0.15, 0.2) is 5.43 Å². The van der Waals surface area contributed by atoms with Gasteiger partial charge >= 0.3 is 0 Å². The van der Waals surface area contributed by atoms with Crippen LogP contribution in [0.2, 0.25) is 5.02 Å². The van der Waals surface area contributed by atoms with E-state index < -0.39 is 0 Å². The summed E-state index contributed by atoms with van der Waals surface area (Å²) in [4.78, 5) is 17.1. The largest absolute Gasteiger partial charge is 0.371 e. The van der Waals surface area contributed by atoms with Gasteiger partial charge in [0, 0.05) is 23.3 Å². The zero-order valence-electron chi connectivity index (χ0n) is 11.8. The Bertz CT molecular complexity index is 933. The quantitative estimate of drug-likeness (QED) is 0.749. The van der Waals surface area contributed by atoms with Crippen LogP contribution in [0, 0.1) is 0 Å². The number of halogens is 1. The minimum atomic E-state index is 0.0728. The fraction of sp³-hybridized carbons (Fsp3) is 0.176. The second kappa shape index (κ2) is 5.14. The van der Waals surface area contributed by atoms with Crippen LogP contribution in [0.25, 0.3) is 16.7 Å². The third-order valence-corrected chi connectivity index (χ3v) is 4.22. The molecule has 3 heterocycles. The summed E-state index contributed by atoms with van der Waals surface area (Å²) in [6.45, 7) is 0.853. The third kappa shape index (κ3) is 1.99. The van der Waals surface area contributed by atoms with Crippen LogP contribution in [-0.2, 0) is 6.42 Å². The van der Waals surface area contributed by atoms with Crippen LogP contribution in [-0.4, -0.2) is 16.1 Å². The Labute approximate surface area is 132 Å². The van der Waals surface area contributed by atoms with Gasteiger partial charge in [0.1, 0.15) is 11.5 Å². The first kappa shape index (κ1) is 13.3. The smallest absolute Gasteiger partial charge is 0.196 e. The lowest BCUT2D eigenvalue weighted by Gasteiger charge is -2.24. The molecule has 0 bridgehead atoms. The SMILES string of the molecule is O=c1c2c(n(-c3cccc(Cl)c3)c3ncccc13)NCCC2. The lowest BCUT2D eigenvalue weighted by Crippen LogP contribution is -2.25. The molecule has 110 valence electrons. The Morgan fingerprint density at radius 3 is 3.00 bits per heavy atom. The third-order valence-electron chi connectivity index (χ3n) is 3.99. The van der Waals surface area contributed by atoms with Crippen LogP contribution in [0.3, 0.4) is 0 Å². The Hall–Kier alpha value is -2.33. The second-order valence-corrected chi connectivity index (χ2v) is 5.81. The van der Waals surface area contributed by atoms with Crippen LogP contribution < -0.4 is 10.7 Å². The molecule has 2 aromatic heterocycles. The molecule has 3 aromatic rings. The molecule has 0 saturated heterocycles. The first-order valence-electron chi connectivity index (χ1n) is 7.28. The topological polar surface area (TPSA) is 46.9 Å². The number of hydrogen-bond donors (Lipinski definition) is 1. The molecular weight excluding hydrogens is 298 g/mol. The predicted molar refractivity (Wildman–Crippen MR) is 89.2 cm³/mol. The van der Waals surface area contributed by atoms with E-state index in [2.05, 4.69) is 10.3 Å². The molecule has 1 aliphatic heterocycles. The summed E-state index contributed by atoms with van der Waals surface area (Å²) in [5, 5.41) is 4.66. The van der Waals surface area contributed by atoms with Crippen molar-refractivity contribution in [2.45, 2.75) is 12.8 Å². The van der Waals surface area contributed by atoms with Crippen LogP contribution in [0.15, 0.2) is 47.4 Å². The first-order chi connectivity index (χ1) is 10.8. The lowest BCUT2D eigenvalue weighted by atomic mass is 10.0. The van der Waals surface area contributed by atoms with E-state index in [0.717, 1.165) is 36.5 Å². The van der Waals surface area contributed by atoms with Crippen molar-refractivity contribution in [2.24, 2.45) is 0 Å². The van der Waals surface area contributed by atoms with E-state index in [1.807, 2.05) is 34.9 Å². The van der Waals surface area contributed by atoms with E-state index in [1.165, 1.54) is 0 Å². The number of pyridine rings is 2. The van der Waals surface area contributed by atoms with Crippen molar-refractivity contribution in [1.82, 2.24) is 9.55 Å². The molecule has 4 rings (SSSR count). The Morgan fingerprint density at radius 1 is 1.23 bits per heavy atom. The van der Waals surface area contributed by atoms with E-state index in [0.29, 0.717) is 16.1 Å². The molecule has 0 saturated carbocycles. The Kier molecular flexibility index (Phi) is 3.12. The van der Waals surface area contributed by atoms with Gasteiger partial charge in [0.05, 0.1) is 11.1 Å². The molecule has 0 amide bonds. The van der Waals surface area contributed by atoms with Crippen molar-refractivity contribution >= 4 is 28.5 Å². The van der Waals surface area contributed by atoms with Crippen LogP contribution >= 0.6 is 11.6 Å². The van der Waals surface area contributed by atoms with Gasteiger partial charge in [-0.25, -0.2) is 4.98 Å². The van der Waals surface area contributed by atoms with E-state index >= 15 is 0 Å². The van der Waals surface area contributed by atoms with Gasteiger partial charge in [0.2, 0.25) is 0 Å². The Morgan fingerprint density at radius 2 is 2.14 bits per heavy atom. The number of aromatic nitrogens is 2. The minimum Gasteiger partial charge on any atom is -0.371 e. The zero-order chi connectivity index (χ0) is 15.1. The van der Waals surface area contributed by atoms with E-state index in [-0.39, 0.29) is 5.43 Å². The van der Waals surface area contributed by atoms with Crippen LogP contribution in [0.5, 0.6) is 0 Å². The highest BCUT2D eigenvalue weighted by Crippen LogP contribution is 2.28. The monoisotopic (exact) mass is 311 g/mol. The number of rotatable bonds is 1. The molecule has 0 fully saturated rings. The fourth-order valence-electron chi connectivity index (χ4n) is 3.02. The Balaban J connectivity index is 2.16. The van der Waals surface area contributed by atoms with Gasteiger partial charge < -0.3 is 5.32 Å². The number of nitrogens with zero attached hydrogens (tertiary/aromatic N) is 2. The van der Waals surface area contributed by atoms with E-state index in [4.69, 9.17) is 11.6 Å². The molecule has 5 heteroatoms. The minimum absolute atomic E-state index is 0.0728. The molecule has 1 aromatic carbocycles. The lowest BCUT2D eigenvalue weighted by molar-refractivity contribution is 0.800. The number of nitrogens with one attached hydrogen (secondary N) is 1. The average Bonchev–Trinajstić information content (AvgIpc) is 2.55. The van der Waals surface area contributed by atoms with Crippen molar-refractivity contribution in [1.29, 1.82) is 0 Å². The molecular formula is C17H14ClN3O. The van der Waals surface area contributed by atoms with Crippen molar-refractivity contribution in [3.05, 3.63) is 63.4 Å². The average molecular weight is 312 g/mol. The van der Waals surface area contributed by atoms with Gasteiger partial charge in [-0.1, -0.05) is 17.7 Å². The number of hydrogen-bond acceptors (Lipinski definition) is 3. The van der Waals surface area contributed by atoms with Gasteiger partial charge in [-0.2, -0.15) is 0 Å². The molecule has 0 spiro atoms. The molecule has 0 atom stereocenters. The molecule has 22 heavy (non-hydrogen) atoms. The summed E-state index contributed by atoms with van der Waals surface area (Å²) in [6.07, 6.45) is 3.45.